The molecule has 0 radical (unpaired) electrons. The van der Waals surface area contributed by atoms with Crippen LogP contribution in [0.5, 0.6) is 0 Å². The molecule has 90 valence electrons. The number of hydrogen-bond acceptors (Lipinski definition) is 2. The minimum atomic E-state index is -2.96. The monoisotopic (exact) mass is 235 g/mol. The van der Waals surface area contributed by atoms with Gasteiger partial charge in [-0.2, -0.15) is 4.31 Å². The van der Waals surface area contributed by atoms with E-state index >= 15 is 0 Å². The summed E-state index contributed by atoms with van der Waals surface area (Å²) in [6.45, 7) is 11.6. The number of piperazine rings is 1. The van der Waals surface area contributed by atoms with Crippen molar-refractivity contribution in [1.82, 2.24) is 4.31 Å². The van der Waals surface area contributed by atoms with Gasteiger partial charge in [0.1, 0.15) is 0 Å². The van der Waals surface area contributed by atoms with E-state index in [4.69, 9.17) is 0 Å². The molecule has 0 N–H and O–H groups in total. The van der Waals surface area contributed by atoms with Gasteiger partial charge in [-0.1, -0.05) is 0 Å². The fraction of sp³-hybridized carbons (Fsp3) is 1.00. The Morgan fingerprint density at radius 3 is 1.87 bits per heavy atom. The first-order chi connectivity index (χ1) is 6.99. The molecule has 0 spiro atoms. The predicted molar refractivity (Wildman–Crippen MR) is 62.1 cm³/mol. The van der Waals surface area contributed by atoms with Gasteiger partial charge in [-0.3, -0.25) is 0 Å². The molecule has 0 atom stereocenters. The smallest absolute Gasteiger partial charge is 0.214 e. The summed E-state index contributed by atoms with van der Waals surface area (Å²) in [4.78, 5) is 0. The lowest BCUT2D eigenvalue weighted by atomic mass is 10.2. The highest BCUT2D eigenvalue weighted by atomic mass is 32.2. The molecule has 0 unspecified atom stereocenters. The number of rotatable bonds is 4. The van der Waals surface area contributed by atoms with E-state index < -0.39 is 10.0 Å². The van der Waals surface area contributed by atoms with Crippen molar-refractivity contribution in [3.05, 3.63) is 0 Å². The Hall–Kier alpha value is -0.130. The molecule has 0 amide bonds. The van der Waals surface area contributed by atoms with Gasteiger partial charge in [-0.25, -0.2) is 8.42 Å². The fourth-order valence-corrected chi connectivity index (χ4v) is 3.27. The third kappa shape index (κ3) is 2.71. The standard InChI is InChI=1S/C10H23N2O2S/c1-4-12(5-2)9-7-11(8-10-12)15(13,14)6-3/h4-10H2,1-3H3/q+1. The maximum Gasteiger partial charge on any atom is 0.214 e. The van der Waals surface area contributed by atoms with Crippen molar-refractivity contribution < 1.29 is 12.9 Å². The molecule has 1 saturated heterocycles. The zero-order valence-corrected chi connectivity index (χ0v) is 10.9. The second-order valence-electron chi connectivity index (χ2n) is 4.22. The lowest BCUT2D eigenvalue weighted by Crippen LogP contribution is -2.60. The minimum Gasteiger partial charge on any atom is -0.322 e. The van der Waals surface area contributed by atoms with E-state index in [1.165, 1.54) is 0 Å². The van der Waals surface area contributed by atoms with Crippen LogP contribution in [0.25, 0.3) is 0 Å². The second kappa shape index (κ2) is 4.80. The van der Waals surface area contributed by atoms with Gasteiger partial charge in [0, 0.05) is 0 Å². The summed E-state index contributed by atoms with van der Waals surface area (Å²) < 4.78 is 26.0. The average molecular weight is 235 g/mol. The summed E-state index contributed by atoms with van der Waals surface area (Å²) in [5.74, 6) is 0.227. The SMILES string of the molecule is CC[N+]1(CC)CCN(S(=O)(=O)CC)CC1. The Morgan fingerprint density at radius 2 is 1.53 bits per heavy atom. The highest BCUT2D eigenvalue weighted by Gasteiger charge is 2.33. The minimum absolute atomic E-state index is 0.227. The van der Waals surface area contributed by atoms with Crippen molar-refractivity contribution in [2.24, 2.45) is 0 Å². The van der Waals surface area contributed by atoms with E-state index in [0.29, 0.717) is 13.1 Å². The van der Waals surface area contributed by atoms with Gasteiger partial charge < -0.3 is 4.48 Å². The number of likely N-dealkylation sites (N-methyl/N-ethyl adjacent to an activating group) is 1. The summed E-state index contributed by atoms with van der Waals surface area (Å²) in [5.41, 5.74) is 0. The van der Waals surface area contributed by atoms with Crippen LogP contribution in [-0.2, 0) is 10.0 Å². The van der Waals surface area contributed by atoms with Crippen LogP contribution in [0, 0.1) is 0 Å². The van der Waals surface area contributed by atoms with E-state index in [2.05, 4.69) is 13.8 Å². The van der Waals surface area contributed by atoms with Crippen molar-refractivity contribution in [3.8, 4) is 0 Å². The van der Waals surface area contributed by atoms with E-state index in [0.717, 1.165) is 30.7 Å². The number of quaternary nitrogens is 1. The normalized spacial score (nSPS) is 22.9. The average Bonchev–Trinajstić information content (AvgIpc) is 2.29. The van der Waals surface area contributed by atoms with Crippen LogP contribution in [0.4, 0.5) is 0 Å². The molecule has 1 fully saturated rings. The first kappa shape index (κ1) is 12.9. The zero-order valence-electron chi connectivity index (χ0n) is 10.1. The summed E-state index contributed by atoms with van der Waals surface area (Å²) in [6.07, 6.45) is 0. The van der Waals surface area contributed by atoms with Crippen molar-refractivity contribution in [2.75, 3.05) is 45.0 Å². The molecule has 1 rings (SSSR count). The van der Waals surface area contributed by atoms with E-state index in [1.807, 2.05) is 0 Å². The van der Waals surface area contributed by atoms with Crippen LogP contribution >= 0.6 is 0 Å². The number of hydrogen-bond donors (Lipinski definition) is 0. The van der Waals surface area contributed by atoms with Gasteiger partial charge in [0.25, 0.3) is 0 Å². The quantitative estimate of drug-likeness (QED) is 0.666. The Morgan fingerprint density at radius 1 is 1.07 bits per heavy atom. The van der Waals surface area contributed by atoms with Crippen LogP contribution in [0.1, 0.15) is 20.8 Å². The highest BCUT2D eigenvalue weighted by molar-refractivity contribution is 7.89. The molecule has 1 aliphatic rings. The Labute approximate surface area is 93.5 Å². The maximum atomic E-state index is 11.7. The Balaban J connectivity index is 2.63. The van der Waals surface area contributed by atoms with Crippen LogP contribution in [0.2, 0.25) is 0 Å². The molecule has 0 aromatic heterocycles. The summed E-state index contributed by atoms with van der Waals surface area (Å²) in [5, 5.41) is 0. The molecular weight excluding hydrogens is 212 g/mol. The summed E-state index contributed by atoms with van der Waals surface area (Å²) in [7, 11) is -2.96. The molecule has 0 bridgehead atoms. The van der Waals surface area contributed by atoms with Gasteiger partial charge >= 0.3 is 0 Å². The van der Waals surface area contributed by atoms with Crippen LogP contribution < -0.4 is 0 Å². The van der Waals surface area contributed by atoms with Crippen LogP contribution in [0.15, 0.2) is 0 Å². The van der Waals surface area contributed by atoms with Gasteiger partial charge in [0.2, 0.25) is 10.0 Å². The molecule has 0 aromatic carbocycles. The first-order valence-electron chi connectivity index (χ1n) is 5.82. The van der Waals surface area contributed by atoms with E-state index in [9.17, 15) is 8.42 Å². The zero-order chi connectivity index (χ0) is 11.5. The van der Waals surface area contributed by atoms with Gasteiger partial charge in [-0.05, 0) is 20.8 Å². The van der Waals surface area contributed by atoms with Crippen molar-refractivity contribution in [3.63, 3.8) is 0 Å². The lowest BCUT2D eigenvalue weighted by molar-refractivity contribution is -0.928. The summed E-state index contributed by atoms with van der Waals surface area (Å²) in [6, 6.07) is 0. The van der Waals surface area contributed by atoms with Crippen LogP contribution in [0.3, 0.4) is 0 Å². The maximum absolute atomic E-state index is 11.7. The number of sulfonamides is 1. The van der Waals surface area contributed by atoms with Crippen molar-refractivity contribution in [1.29, 1.82) is 0 Å². The Kier molecular flexibility index (Phi) is 4.14. The molecule has 0 saturated carbocycles. The van der Waals surface area contributed by atoms with Gasteiger partial charge in [0.15, 0.2) is 0 Å². The Bertz CT molecular complexity index is 287. The topological polar surface area (TPSA) is 37.4 Å². The third-order valence-electron chi connectivity index (χ3n) is 3.75. The lowest BCUT2D eigenvalue weighted by Gasteiger charge is -2.43. The highest BCUT2D eigenvalue weighted by Crippen LogP contribution is 2.15. The van der Waals surface area contributed by atoms with Crippen molar-refractivity contribution >= 4 is 10.0 Å². The summed E-state index contributed by atoms with van der Waals surface area (Å²) >= 11 is 0. The molecule has 0 aliphatic carbocycles. The first-order valence-corrected chi connectivity index (χ1v) is 7.43. The molecule has 1 aliphatic heterocycles. The van der Waals surface area contributed by atoms with Gasteiger partial charge in [-0.15, -0.1) is 0 Å². The second-order valence-corrected chi connectivity index (χ2v) is 6.48. The molecule has 0 aromatic rings. The van der Waals surface area contributed by atoms with Crippen molar-refractivity contribution in [2.45, 2.75) is 20.8 Å². The van der Waals surface area contributed by atoms with Crippen LogP contribution in [-0.4, -0.2) is 62.2 Å². The largest absolute Gasteiger partial charge is 0.322 e. The molecule has 15 heavy (non-hydrogen) atoms. The molecule has 1 heterocycles. The third-order valence-corrected chi connectivity index (χ3v) is 5.63. The molecule has 4 nitrogen and oxygen atoms in total. The number of nitrogens with zero attached hydrogens (tertiary/aromatic N) is 2. The van der Waals surface area contributed by atoms with Gasteiger partial charge in [0.05, 0.1) is 45.0 Å². The predicted octanol–water partition coefficient (Wildman–Crippen LogP) is 0.508. The van der Waals surface area contributed by atoms with E-state index in [1.54, 1.807) is 11.2 Å². The molecule has 5 heteroatoms. The molecular formula is C10H23N2O2S+. The fourth-order valence-electron chi connectivity index (χ4n) is 2.19. The van der Waals surface area contributed by atoms with E-state index in [-0.39, 0.29) is 5.75 Å².